The zero-order valence-corrected chi connectivity index (χ0v) is 18.8. The molecule has 2 rings (SSSR count). The standard InChI is InChI=1S/C21H34N4O4S/c1-24(2)15-7-13-23-21(27)18-8-6-16-25(17-12-20(26)22-14-11-18)30(28,29)19-9-4-3-5-10-19/h3-5,9-10,18H,6-8,11-17H2,1-2H3,(H,22,26)(H,23,27). The van der Waals surface area contributed by atoms with Crippen molar-refractivity contribution in [1.82, 2.24) is 19.8 Å². The van der Waals surface area contributed by atoms with E-state index in [1.165, 1.54) is 4.31 Å². The topological polar surface area (TPSA) is 98.8 Å². The molecule has 8 nitrogen and oxygen atoms in total. The minimum Gasteiger partial charge on any atom is -0.356 e. The average Bonchev–Trinajstić information content (AvgIpc) is 2.76. The number of carbonyl (C=O) groups excluding carboxylic acids is 2. The summed E-state index contributed by atoms with van der Waals surface area (Å²) in [5, 5.41) is 5.79. The van der Waals surface area contributed by atoms with Crippen LogP contribution < -0.4 is 10.6 Å². The first-order valence-corrected chi connectivity index (χ1v) is 12.0. The first kappa shape index (κ1) is 24.3. The maximum atomic E-state index is 13.0. The van der Waals surface area contributed by atoms with Crippen molar-refractivity contribution in [2.45, 2.75) is 37.0 Å². The van der Waals surface area contributed by atoms with Gasteiger partial charge in [-0.05, 0) is 58.5 Å². The van der Waals surface area contributed by atoms with E-state index in [2.05, 4.69) is 15.5 Å². The van der Waals surface area contributed by atoms with Gasteiger partial charge in [-0.1, -0.05) is 18.2 Å². The first-order chi connectivity index (χ1) is 14.3. The Balaban J connectivity index is 2.02. The molecule has 0 saturated carbocycles. The number of sulfonamides is 1. The predicted octanol–water partition coefficient (Wildman–Crippen LogP) is 1.05. The summed E-state index contributed by atoms with van der Waals surface area (Å²) < 4.78 is 27.4. The maximum Gasteiger partial charge on any atom is 0.243 e. The summed E-state index contributed by atoms with van der Waals surface area (Å²) in [5.41, 5.74) is 0. The molecule has 0 radical (unpaired) electrons. The van der Waals surface area contributed by atoms with Gasteiger partial charge in [-0.25, -0.2) is 8.42 Å². The highest BCUT2D eigenvalue weighted by Gasteiger charge is 2.26. The van der Waals surface area contributed by atoms with E-state index in [9.17, 15) is 18.0 Å². The van der Waals surface area contributed by atoms with Gasteiger partial charge in [0.2, 0.25) is 21.8 Å². The molecule has 0 bridgehead atoms. The van der Waals surface area contributed by atoms with Crippen molar-refractivity contribution in [3.05, 3.63) is 30.3 Å². The molecule has 1 fully saturated rings. The highest BCUT2D eigenvalue weighted by atomic mass is 32.2. The predicted molar refractivity (Wildman–Crippen MR) is 116 cm³/mol. The molecule has 9 heteroatoms. The molecule has 1 aromatic carbocycles. The number of hydrogen-bond acceptors (Lipinski definition) is 5. The highest BCUT2D eigenvalue weighted by Crippen LogP contribution is 2.19. The Morgan fingerprint density at radius 2 is 1.93 bits per heavy atom. The van der Waals surface area contributed by atoms with Crippen molar-refractivity contribution in [1.29, 1.82) is 0 Å². The van der Waals surface area contributed by atoms with Gasteiger partial charge in [-0.15, -0.1) is 0 Å². The number of carbonyl (C=O) groups is 2. The van der Waals surface area contributed by atoms with Crippen LogP contribution in [0.15, 0.2) is 35.2 Å². The molecule has 30 heavy (non-hydrogen) atoms. The Hall–Kier alpha value is -1.97. The molecule has 0 spiro atoms. The summed E-state index contributed by atoms with van der Waals surface area (Å²) in [6.07, 6.45) is 2.67. The van der Waals surface area contributed by atoms with E-state index in [0.29, 0.717) is 32.4 Å². The van der Waals surface area contributed by atoms with Crippen LogP contribution in [-0.4, -0.2) is 76.3 Å². The van der Waals surface area contributed by atoms with Crippen LogP contribution in [0, 0.1) is 5.92 Å². The van der Waals surface area contributed by atoms with Crippen LogP contribution >= 0.6 is 0 Å². The molecule has 1 atom stereocenters. The van der Waals surface area contributed by atoms with Crippen LogP contribution in [0.3, 0.4) is 0 Å². The van der Waals surface area contributed by atoms with E-state index < -0.39 is 10.0 Å². The summed E-state index contributed by atoms with van der Waals surface area (Å²) in [6.45, 7) is 2.33. The molecule has 0 aromatic heterocycles. The largest absolute Gasteiger partial charge is 0.356 e. The molecule has 0 aliphatic carbocycles. The molecule has 168 valence electrons. The zero-order chi connectivity index (χ0) is 22.0. The van der Waals surface area contributed by atoms with Gasteiger partial charge >= 0.3 is 0 Å². The minimum absolute atomic E-state index is 0.0280. The molecule has 1 aliphatic heterocycles. The Kier molecular flexibility index (Phi) is 9.74. The minimum atomic E-state index is -3.68. The Morgan fingerprint density at radius 1 is 1.20 bits per heavy atom. The average molecular weight is 439 g/mol. The smallest absolute Gasteiger partial charge is 0.243 e. The second-order valence-electron chi connectivity index (χ2n) is 7.89. The molecule has 1 heterocycles. The summed E-state index contributed by atoms with van der Waals surface area (Å²) in [7, 11) is 0.300. The van der Waals surface area contributed by atoms with Crippen LogP contribution in [-0.2, 0) is 19.6 Å². The third kappa shape index (κ3) is 7.70. The Bertz CT molecular complexity index is 783. The molecule has 1 aliphatic rings. The van der Waals surface area contributed by atoms with Crippen LogP contribution in [0.4, 0.5) is 0 Å². The van der Waals surface area contributed by atoms with Crippen LogP contribution in [0.5, 0.6) is 0 Å². The Morgan fingerprint density at radius 3 is 2.63 bits per heavy atom. The summed E-state index contributed by atoms with van der Waals surface area (Å²) in [4.78, 5) is 27.0. The Labute approximate surface area is 180 Å². The van der Waals surface area contributed by atoms with E-state index in [-0.39, 0.29) is 42.1 Å². The van der Waals surface area contributed by atoms with Gasteiger partial charge in [0.15, 0.2) is 0 Å². The van der Waals surface area contributed by atoms with Crippen molar-refractivity contribution in [2.24, 2.45) is 5.92 Å². The van der Waals surface area contributed by atoms with E-state index in [4.69, 9.17) is 0 Å². The second-order valence-corrected chi connectivity index (χ2v) is 9.83. The van der Waals surface area contributed by atoms with Crippen molar-refractivity contribution >= 4 is 21.8 Å². The van der Waals surface area contributed by atoms with Crippen molar-refractivity contribution < 1.29 is 18.0 Å². The van der Waals surface area contributed by atoms with Crippen LogP contribution in [0.1, 0.15) is 32.1 Å². The fraction of sp³-hybridized carbons (Fsp3) is 0.619. The lowest BCUT2D eigenvalue weighted by Crippen LogP contribution is -2.35. The molecule has 2 N–H and O–H groups in total. The number of amides is 2. The highest BCUT2D eigenvalue weighted by molar-refractivity contribution is 7.89. The van der Waals surface area contributed by atoms with Gasteiger partial charge in [0, 0.05) is 38.5 Å². The number of rotatable bonds is 7. The lowest BCUT2D eigenvalue weighted by atomic mass is 9.98. The number of benzene rings is 1. The van der Waals surface area contributed by atoms with Crippen LogP contribution in [0.2, 0.25) is 0 Å². The summed E-state index contributed by atoms with van der Waals surface area (Å²) in [5.74, 6) is -0.473. The molecule has 2 amide bonds. The van der Waals surface area contributed by atoms with Crippen molar-refractivity contribution in [3.8, 4) is 0 Å². The SMILES string of the molecule is CN(C)CCCNC(=O)C1CCCN(S(=O)(=O)c2ccccc2)CCC(=O)NCC1. The zero-order valence-electron chi connectivity index (χ0n) is 18.0. The molecule has 1 unspecified atom stereocenters. The molecular formula is C21H34N4O4S. The van der Waals surface area contributed by atoms with Crippen molar-refractivity contribution in [2.75, 3.05) is 46.8 Å². The summed E-state index contributed by atoms with van der Waals surface area (Å²) >= 11 is 0. The first-order valence-electron chi connectivity index (χ1n) is 10.5. The lowest BCUT2D eigenvalue weighted by molar-refractivity contribution is -0.126. The number of nitrogens with one attached hydrogen (secondary N) is 2. The van der Waals surface area contributed by atoms with E-state index in [1.54, 1.807) is 30.3 Å². The molecule has 1 aromatic rings. The van der Waals surface area contributed by atoms with Gasteiger partial charge in [0.1, 0.15) is 0 Å². The van der Waals surface area contributed by atoms with Gasteiger partial charge in [-0.3, -0.25) is 9.59 Å². The maximum absolute atomic E-state index is 13.0. The summed E-state index contributed by atoms with van der Waals surface area (Å²) in [6, 6.07) is 8.25. The van der Waals surface area contributed by atoms with Gasteiger partial charge in [0.25, 0.3) is 0 Å². The van der Waals surface area contributed by atoms with Gasteiger partial charge < -0.3 is 15.5 Å². The van der Waals surface area contributed by atoms with Gasteiger partial charge in [-0.2, -0.15) is 4.31 Å². The monoisotopic (exact) mass is 438 g/mol. The van der Waals surface area contributed by atoms with Gasteiger partial charge in [0.05, 0.1) is 4.90 Å². The third-order valence-corrected chi connectivity index (χ3v) is 7.11. The fourth-order valence-corrected chi connectivity index (χ4v) is 4.97. The molecule has 1 saturated heterocycles. The fourth-order valence-electron chi connectivity index (χ4n) is 3.47. The number of nitrogens with zero attached hydrogens (tertiary/aromatic N) is 2. The quantitative estimate of drug-likeness (QED) is 0.620. The van der Waals surface area contributed by atoms with Crippen molar-refractivity contribution in [3.63, 3.8) is 0 Å². The third-order valence-electron chi connectivity index (χ3n) is 5.20. The normalized spacial score (nSPS) is 19.7. The van der Waals surface area contributed by atoms with E-state index in [1.807, 2.05) is 14.1 Å². The van der Waals surface area contributed by atoms with E-state index in [0.717, 1.165) is 13.0 Å². The molecular weight excluding hydrogens is 404 g/mol. The number of hydrogen-bond donors (Lipinski definition) is 2. The lowest BCUT2D eigenvalue weighted by Gasteiger charge is -2.22. The van der Waals surface area contributed by atoms with E-state index >= 15 is 0 Å². The second kappa shape index (κ2) is 12.0. The van der Waals surface area contributed by atoms with Crippen LogP contribution in [0.25, 0.3) is 0 Å².